The second-order valence-electron chi connectivity index (χ2n) is 0.429. The Hall–Kier alpha value is 6.22. The van der Waals surface area contributed by atoms with Gasteiger partial charge in [-0.15, -0.1) is 0 Å². The van der Waals surface area contributed by atoms with Gasteiger partial charge in [0.05, 0.1) is 0 Å². The number of hydrogen-bond acceptors (Lipinski definition) is 0. The number of hydrogen-bond donors (Lipinski definition) is 0. The fraction of sp³-hybridized carbons (Fsp3) is 0. The Labute approximate surface area is 121 Å². The van der Waals surface area contributed by atoms with Crippen LogP contribution in [0, 0.1) is 0 Å². The molecule has 0 nitrogen and oxygen atoms in total. The molecule has 0 aromatic heterocycles. The molecule has 0 aromatic carbocycles. The first kappa shape index (κ1) is 16.6. The van der Waals surface area contributed by atoms with E-state index >= 15 is 0 Å². The molecule has 0 aromatic rings. The van der Waals surface area contributed by atoms with Crippen molar-refractivity contribution in [1.82, 2.24) is 0 Å². The van der Waals surface area contributed by atoms with Crippen LogP contribution in [0.4, 0.5) is 0 Å². The van der Waals surface area contributed by atoms with Crippen LogP contribution < -0.4 is 0 Å². The van der Waals surface area contributed by atoms with Gasteiger partial charge >= 0.3 is 126 Å². The molecule has 0 bridgehead atoms. The Morgan fingerprint density at radius 2 is 0.500 bits per heavy atom. The third-order valence-electron chi connectivity index (χ3n) is 0. The molecule has 0 amide bonds. The first-order valence-corrected chi connectivity index (χ1v) is 66.7. The van der Waals surface area contributed by atoms with Crippen LogP contribution in [-0.2, 0) is 0 Å². The van der Waals surface area contributed by atoms with E-state index in [9.17, 15) is 0 Å². The summed E-state index contributed by atoms with van der Waals surface area (Å²) in [5, 5.41) is 0. The molecule has 8 heavy (non-hydrogen) atoms. The Morgan fingerprint density at radius 3 is 0.500 bits per heavy atom. The van der Waals surface area contributed by atoms with E-state index in [-0.39, 0.29) is 0 Å². The summed E-state index contributed by atoms with van der Waals surface area (Å²) >= 11 is 15.2. The normalized spacial score (nSPS) is 9.00. The van der Waals surface area contributed by atoms with Crippen LogP contribution in [-0.4, -0.2) is 19.6 Å². The predicted octanol–water partition coefficient (Wildman–Crippen LogP) is 4.55. The zero-order chi connectivity index (χ0) is 7.15. The fourth-order valence-electron chi connectivity index (χ4n) is 0. The van der Waals surface area contributed by atoms with Gasteiger partial charge in [0.25, 0.3) is 0 Å². The van der Waals surface area contributed by atoms with E-state index in [1.807, 2.05) is 0 Å². The van der Waals surface area contributed by atoms with Gasteiger partial charge in [-0.05, 0) is 0 Å². The molecule has 0 atom stereocenters. The maximum atomic E-state index is 2.53. The summed E-state index contributed by atoms with van der Waals surface area (Å²) in [6.45, 7) is 0. The molecule has 0 aliphatic carbocycles. The SMILES string of the molecule is [I][Pb]([I])[I].[I][Pb]([I])[I]. The van der Waals surface area contributed by atoms with Crippen molar-refractivity contribution in [3.05, 3.63) is 0 Å². The molecule has 50 valence electrons. The average Bonchev–Trinajstić information content (AvgIpc) is 1.25. The van der Waals surface area contributed by atoms with Gasteiger partial charge in [-0.1, -0.05) is 0 Å². The third-order valence-corrected chi connectivity index (χ3v) is 0. The first-order valence-electron chi connectivity index (χ1n) is 1.13. The summed E-state index contributed by atoms with van der Waals surface area (Å²) in [5.41, 5.74) is 0. The van der Waals surface area contributed by atoms with Crippen LogP contribution in [0.5, 0.6) is 0 Å². The zero-order valence-corrected chi connectivity index (χ0v) is 24.0. The second kappa shape index (κ2) is 13.2. The van der Waals surface area contributed by atoms with E-state index in [1.54, 1.807) is 0 Å². The van der Waals surface area contributed by atoms with Gasteiger partial charge in [0.1, 0.15) is 0 Å². The van der Waals surface area contributed by atoms with Crippen molar-refractivity contribution < 1.29 is 0 Å². The van der Waals surface area contributed by atoms with Crippen LogP contribution in [0.2, 0.25) is 0 Å². The van der Waals surface area contributed by atoms with Crippen molar-refractivity contribution in [1.29, 1.82) is 0 Å². The molecule has 0 N–H and O–H groups in total. The van der Waals surface area contributed by atoms with Crippen molar-refractivity contribution in [2.24, 2.45) is 0 Å². The minimum absolute atomic E-state index is 0.747. The molecule has 0 fully saturated rings. The minimum atomic E-state index is -0.747. The fourth-order valence-corrected chi connectivity index (χ4v) is 0. The molecule has 0 saturated carbocycles. The van der Waals surface area contributed by atoms with Crippen molar-refractivity contribution in [2.75, 3.05) is 0 Å². The monoisotopic (exact) mass is 1180 g/mol. The van der Waals surface area contributed by atoms with Gasteiger partial charge in [0.2, 0.25) is 0 Å². The van der Waals surface area contributed by atoms with E-state index < -0.39 is 19.6 Å². The average molecular weight is 1180 g/mol. The molecule has 0 heterocycles. The quantitative estimate of drug-likeness (QED) is 0.247. The molecule has 0 aliphatic heterocycles. The summed E-state index contributed by atoms with van der Waals surface area (Å²) < 4.78 is 0. The molecular weight excluding hydrogens is 1180 g/mol. The first-order chi connectivity index (χ1) is 3.46. The Kier molecular flexibility index (Phi) is 27.5. The summed E-state index contributed by atoms with van der Waals surface area (Å²) in [4.78, 5) is 0. The Bertz CT molecular complexity index is 22.0. The van der Waals surface area contributed by atoms with Crippen LogP contribution in [0.3, 0.4) is 0 Å². The van der Waals surface area contributed by atoms with Crippen LogP contribution >= 0.6 is 107 Å². The van der Waals surface area contributed by atoms with Gasteiger partial charge in [0.15, 0.2) is 0 Å². The van der Waals surface area contributed by atoms with Crippen LogP contribution in [0.25, 0.3) is 0 Å². The van der Waals surface area contributed by atoms with E-state index in [1.165, 1.54) is 0 Å². The van der Waals surface area contributed by atoms with Crippen molar-refractivity contribution in [3.8, 4) is 0 Å². The van der Waals surface area contributed by atoms with Crippen molar-refractivity contribution in [3.63, 3.8) is 0 Å². The molecule has 0 aliphatic rings. The third kappa shape index (κ3) is 39.8. The number of rotatable bonds is 0. The standard InChI is InChI=1S/6HI.2Pb/h6*1H;;/q;;;;;;2*+3/p-6. The van der Waals surface area contributed by atoms with Gasteiger partial charge in [-0.2, -0.15) is 0 Å². The van der Waals surface area contributed by atoms with E-state index in [0.29, 0.717) is 0 Å². The predicted molar refractivity (Wildman–Crippen MR) is 95.6 cm³/mol. The van der Waals surface area contributed by atoms with E-state index in [0.717, 1.165) is 0 Å². The van der Waals surface area contributed by atoms with E-state index in [4.69, 9.17) is 0 Å². The molecular formula is I6Pb2. The van der Waals surface area contributed by atoms with Gasteiger partial charge < -0.3 is 0 Å². The molecule has 2 radical (unpaired) electrons. The summed E-state index contributed by atoms with van der Waals surface area (Å²) in [7, 11) is -1.49. The van der Waals surface area contributed by atoms with E-state index in [2.05, 4.69) is 107 Å². The maximum absolute atomic E-state index is 2.53. The summed E-state index contributed by atoms with van der Waals surface area (Å²) in [6, 6.07) is 0. The Morgan fingerprint density at radius 1 is 0.500 bits per heavy atom. The van der Waals surface area contributed by atoms with Gasteiger partial charge in [-0.3, -0.25) is 0 Å². The molecule has 8 heteroatoms. The summed E-state index contributed by atoms with van der Waals surface area (Å²) in [6.07, 6.45) is 0. The molecule has 0 rings (SSSR count). The van der Waals surface area contributed by atoms with Crippen LogP contribution in [0.1, 0.15) is 0 Å². The second-order valence-corrected chi connectivity index (χ2v) is 169. The topological polar surface area (TPSA) is 0 Å². The zero-order valence-electron chi connectivity index (χ0n) is 3.27. The van der Waals surface area contributed by atoms with Gasteiger partial charge in [0, 0.05) is 0 Å². The van der Waals surface area contributed by atoms with Crippen molar-refractivity contribution >= 4 is 126 Å². The summed E-state index contributed by atoms with van der Waals surface area (Å²) in [5.74, 6) is 0. The van der Waals surface area contributed by atoms with Crippen LogP contribution in [0.15, 0.2) is 0 Å². The molecule has 0 unspecified atom stereocenters. The Balaban J connectivity index is 0. The molecule has 0 saturated heterocycles. The number of halogens is 6. The molecule has 0 spiro atoms. The van der Waals surface area contributed by atoms with Crippen molar-refractivity contribution in [2.45, 2.75) is 0 Å². The van der Waals surface area contributed by atoms with Gasteiger partial charge in [-0.25, -0.2) is 0 Å².